The predicted octanol–water partition coefficient (Wildman–Crippen LogP) is 2.44. The Labute approximate surface area is 118 Å². The Hall–Kier alpha value is -1.78. The van der Waals surface area contributed by atoms with Gasteiger partial charge in [-0.25, -0.2) is 0 Å². The van der Waals surface area contributed by atoms with Crippen LogP contribution in [0.1, 0.15) is 37.0 Å². The Kier molecular flexibility index (Phi) is 4.47. The fourth-order valence-corrected chi connectivity index (χ4v) is 2.81. The molecule has 1 heterocycles. The molecule has 0 radical (unpaired) electrons. The number of furan rings is 1. The van der Waals surface area contributed by atoms with Crippen LogP contribution in [0.15, 0.2) is 16.7 Å². The van der Waals surface area contributed by atoms with Crippen LogP contribution in [0.3, 0.4) is 0 Å². The SMILES string of the molecule is Cc1occc1CN(C)C(=O)C1CCC(C(=O)O)CC1. The van der Waals surface area contributed by atoms with Crippen molar-refractivity contribution in [2.24, 2.45) is 11.8 Å². The molecule has 5 heteroatoms. The van der Waals surface area contributed by atoms with Crippen molar-refractivity contribution in [3.05, 3.63) is 23.7 Å². The molecule has 0 aliphatic heterocycles. The van der Waals surface area contributed by atoms with Crippen molar-refractivity contribution in [1.29, 1.82) is 0 Å². The standard InChI is InChI=1S/C15H21NO4/c1-10-13(7-8-20-10)9-16(2)14(17)11-3-5-12(6-4-11)15(18)19/h7-8,11-12H,3-6,9H2,1-2H3,(H,18,19). The number of carbonyl (C=O) groups is 2. The molecule has 20 heavy (non-hydrogen) atoms. The van der Waals surface area contributed by atoms with Gasteiger partial charge in [0.1, 0.15) is 5.76 Å². The van der Waals surface area contributed by atoms with Crippen molar-refractivity contribution in [2.45, 2.75) is 39.2 Å². The van der Waals surface area contributed by atoms with Crippen LogP contribution in [0.25, 0.3) is 0 Å². The lowest BCUT2D eigenvalue weighted by Gasteiger charge is -2.28. The van der Waals surface area contributed by atoms with E-state index >= 15 is 0 Å². The lowest BCUT2D eigenvalue weighted by atomic mass is 9.81. The van der Waals surface area contributed by atoms with Gasteiger partial charge in [0, 0.05) is 25.1 Å². The first-order valence-electron chi connectivity index (χ1n) is 6.99. The molecule has 1 aliphatic carbocycles. The molecule has 1 amide bonds. The molecule has 0 aromatic carbocycles. The second-order valence-corrected chi connectivity index (χ2v) is 5.58. The average molecular weight is 279 g/mol. The number of hydrogen-bond donors (Lipinski definition) is 1. The number of nitrogens with zero attached hydrogens (tertiary/aromatic N) is 1. The van der Waals surface area contributed by atoms with Crippen LogP contribution in [-0.4, -0.2) is 28.9 Å². The Balaban J connectivity index is 1.88. The van der Waals surface area contributed by atoms with Crippen LogP contribution in [0.2, 0.25) is 0 Å². The molecule has 2 rings (SSSR count). The molecule has 5 nitrogen and oxygen atoms in total. The summed E-state index contributed by atoms with van der Waals surface area (Å²) in [6, 6.07) is 1.88. The highest BCUT2D eigenvalue weighted by atomic mass is 16.4. The van der Waals surface area contributed by atoms with Crippen LogP contribution in [-0.2, 0) is 16.1 Å². The van der Waals surface area contributed by atoms with E-state index in [9.17, 15) is 9.59 Å². The minimum Gasteiger partial charge on any atom is -0.481 e. The summed E-state index contributed by atoms with van der Waals surface area (Å²) in [4.78, 5) is 25.0. The van der Waals surface area contributed by atoms with Crippen molar-refractivity contribution in [3.63, 3.8) is 0 Å². The van der Waals surface area contributed by atoms with Crippen LogP contribution in [0, 0.1) is 18.8 Å². The van der Waals surface area contributed by atoms with Gasteiger partial charge in [0.2, 0.25) is 5.91 Å². The lowest BCUT2D eigenvalue weighted by molar-refractivity contribution is -0.145. The summed E-state index contributed by atoms with van der Waals surface area (Å²) < 4.78 is 5.23. The Morgan fingerprint density at radius 1 is 1.30 bits per heavy atom. The molecule has 1 saturated carbocycles. The van der Waals surface area contributed by atoms with Gasteiger partial charge in [-0.1, -0.05) is 0 Å². The van der Waals surface area contributed by atoms with Gasteiger partial charge < -0.3 is 14.4 Å². The number of hydrogen-bond acceptors (Lipinski definition) is 3. The van der Waals surface area contributed by atoms with E-state index < -0.39 is 5.97 Å². The first-order chi connectivity index (χ1) is 9.49. The third kappa shape index (κ3) is 3.21. The molecule has 1 aromatic heterocycles. The summed E-state index contributed by atoms with van der Waals surface area (Å²) in [7, 11) is 1.79. The van der Waals surface area contributed by atoms with Gasteiger partial charge in [0.15, 0.2) is 0 Å². The molecular weight excluding hydrogens is 258 g/mol. The molecule has 0 spiro atoms. The fourth-order valence-electron chi connectivity index (χ4n) is 2.81. The summed E-state index contributed by atoms with van der Waals surface area (Å²) in [5.74, 6) is -0.116. The van der Waals surface area contributed by atoms with Gasteiger partial charge in [-0.05, 0) is 38.7 Å². The van der Waals surface area contributed by atoms with E-state index in [4.69, 9.17) is 9.52 Å². The minimum absolute atomic E-state index is 0.0391. The zero-order valence-electron chi connectivity index (χ0n) is 12.0. The smallest absolute Gasteiger partial charge is 0.306 e. The number of carboxylic acid groups (broad SMARTS) is 1. The normalized spacial score (nSPS) is 22.5. The highest BCUT2D eigenvalue weighted by molar-refractivity contribution is 5.79. The number of rotatable bonds is 4. The van der Waals surface area contributed by atoms with Crippen molar-refractivity contribution >= 4 is 11.9 Å². The predicted molar refractivity (Wildman–Crippen MR) is 73.0 cm³/mol. The molecule has 1 N–H and O–H groups in total. The Morgan fingerprint density at radius 3 is 2.40 bits per heavy atom. The summed E-state index contributed by atoms with van der Waals surface area (Å²) in [6.45, 7) is 2.42. The van der Waals surface area contributed by atoms with Crippen LogP contribution in [0.4, 0.5) is 0 Å². The zero-order valence-corrected chi connectivity index (χ0v) is 12.0. The molecule has 0 saturated heterocycles. The fraction of sp³-hybridized carbons (Fsp3) is 0.600. The maximum Gasteiger partial charge on any atom is 0.306 e. The first-order valence-corrected chi connectivity index (χ1v) is 6.99. The monoisotopic (exact) mass is 279 g/mol. The number of aliphatic carboxylic acids is 1. The van der Waals surface area contributed by atoms with Gasteiger partial charge in [-0.3, -0.25) is 9.59 Å². The number of amides is 1. The van der Waals surface area contributed by atoms with Gasteiger partial charge in [-0.2, -0.15) is 0 Å². The summed E-state index contributed by atoms with van der Waals surface area (Å²) in [6.07, 6.45) is 4.17. The van der Waals surface area contributed by atoms with Crippen molar-refractivity contribution < 1.29 is 19.1 Å². The van der Waals surface area contributed by atoms with Crippen LogP contribution in [0.5, 0.6) is 0 Å². The Bertz CT molecular complexity index is 486. The minimum atomic E-state index is -0.738. The molecule has 1 aromatic rings. The largest absolute Gasteiger partial charge is 0.481 e. The summed E-state index contributed by atoms with van der Waals surface area (Å²) in [5.41, 5.74) is 1.01. The second kappa shape index (κ2) is 6.11. The average Bonchev–Trinajstić information content (AvgIpc) is 2.83. The Morgan fingerprint density at radius 2 is 1.90 bits per heavy atom. The number of carbonyl (C=O) groups excluding carboxylic acids is 1. The highest BCUT2D eigenvalue weighted by Gasteiger charge is 2.31. The van der Waals surface area contributed by atoms with Gasteiger partial charge in [0.25, 0.3) is 0 Å². The van der Waals surface area contributed by atoms with E-state index in [-0.39, 0.29) is 17.7 Å². The zero-order chi connectivity index (χ0) is 14.7. The van der Waals surface area contributed by atoms with E-state index in [2.05, 4.69) is 0 Å². The number of carboxylic acids is 1. The third-order valence-electron chi connectivity index (χ3n) is 4.18. The molecule has 1 fully saturated rings. The topological polar surface area (TPSA) is 70.8 Å². The van der Waals surface area contributed by atoms with Crippen molar-refractivity contribution in [1.82, 2.24) is 4.90 Å². The molecule has 0 atom stereocenters. The van der Waals surface area contributed by atoms with Gasteiger partial charge >= 0.3 is 5.97 Å². The number of aryl methyl sites for hydroxylation is 1. The molecule has 110 valence electrons. The van der Waals surface area contributed by atoms with Gasteiger partial charge in [-0.15, -0.1) is 0 Å². The lowest BCUT2D eigenvalue weighted by Crippen LogP contribution is -2.35. The van der Waals surface area contributed by atoms with E-state index in [0.717, 1.165) is 11.3 Å². The molecule has 0 bridgehead atoms. The first kappa shape index (κ1) is 14.6. The van der Waals surface area contributed by atoms with E-state index in [1.165, 1.54) is 0 Å². The van der Waals surface area contributed by atoms with E-state index in [1.54, 1.807) is 18.2 Å². The van der Waals surface area contributed by atoms with Gasteiger partial charge in [0.05, 0.1) is 12.2 Å². The van der Waals surface area contributed by atoms with E-state index in [0.29, 0.717) is 32.2 Å². The second-order valence-electron chi connectivity index (χ2n) is 5.58. The molecular formula is C15H21NO4. The highest BCUT2D eigenvalue weighted by Crippen LogP contribution is 2.30. The quantitative estimate of drug-likeness (QED) is 0.919. The maximum atomic E-state index is 12.4. The van der Waals surface area contributed by atoms with E-state index in [1.807, 2.05) is 13.0 Å². The summed E-state index contributed by atoms with van der Waals surface area (Å²) >= 11 is 0. The molecule has 0 unspecified atom stereocenters. The summed E-state index contributed by atoms with van der Waals surface area (Å²) in [5, 5.41) is 8.97. The van der Waals surface area contributed by atoms with Crippen molar-refractivity contribution in [3.8, 4) is 0 Å². The third-order valence-corrected chi connectivity index (χ3v) is 4.18. The van der Waals surface area contributed by atoms with Crippen LogP contribution < -0.4 is 0 Å². The maximum absolute atomic E-state index is 12.4. The molecule has 1 aliphatic rings. The van der Waals surface area contributed by atoms with Crippen LogP contribution >= 0.6 is 0 Å². The van der Waals surface area contributed by atoms with Crippen molar-refractivity contribution in [2.75, 3.05) is 7.05 Å².